The Hall–Kier alpha value is -0.570. The van der Waals surface area contributed by atoms with Gasteiger partial charge in [0.25, 0.3) is 0 Å². The first-order chi connectivity index (χ1) is 5.37. The molecule has 0 spiro atoms. The quantitative estimate of drug-likeness (QED) is 0.652. The van der Waals surface area contributed by atoms with E-state index in [-0.39, 0.29) is 17.4 Å². The highest BCUT2D eigenvalue weighted by Crippen LogP contribution is 2.14. The second-order valence-corrected chi connectivity index (χ2v) is 3.95. The van der Waals surface area contributed by atoms with Gasteiger partial charge in [-0.3, -0.25) is 4.79 Å². The van der Waals surface area contributed by atoms with Crippen molar-refractivity contribution in [2.45, 2.75) is 39.2 Å². The summed E-state index contributed by atoms with van der Waals surface area (Å²) in [7, 11) is 1.41. The van der Waals surface area contributed by atoms with Crippen LogP contribution in [-0.4, -0.2) is 18.6 Å². The van der Waals surface area contributed by atoms with E-state index in [1.165, 1.54) is 7.11 Å². The predicted octanol–water partition coefficient (Wildman–Crippen LogP) is 1.31. The van der Waals surface area contributed by atoms with E-state index in [1.54, 1.807) is 0 Å². The molecule has 12 heavy (non-hydrogen) atoms. The van der Waals surface area contributed by atoms with Gasteiger partial charge in [0.05, 0.1) is 13.0 Å². The smallest absolute Gasteiger partial charge is 0.308 e. The average Bonchev–Trinajstić information content (AvgIpc) is 1.97. The summed E-state index contributed by atoms with van der Waals surface area (Å²) in [5.41, 5.74) is 5.58. The van der Waals surface area contributed by atoms with Crippen LogP contribution in [0.3, 0.4) is 0 Å². The highest BCUT2D eigenvalue weighted by atomic mass is 16.5. The summed E-state index contributed by atoms with van der Waals surface area (Å²) in [5, 5.41) is 0. The van der Waals surface area contributed by atoms with Crippen LogP contribution in [0.4, 0.5) is 0 Å². The average molecular weight is 173 g/mol. The molecule has 0 saturated heterocycles. The van der Waals surface area contributed by atoms with E-state index in [0.29, 0.717) is 0 Å². The number of hydrogen-bond acceptors (Lipinski definition) is 3. The van der Waals surface area contributed by atoms with Gasteiger partial charge in [0.2, 0.25) is 0 Å². The van der Waals surface area contributed by atoms with Gasteiger partial charge in [0.1, 0.15) is 0 Å². The van der Waals surface area contributed by atoms with Crippen LogP contribution in [0, 0.1) is 5.92 Å². The van der Waals surface area contributed by atoms with Crippen molar-refractivity contribution in [2.75, 3.05) is 7.11 Å². The second-order valence-electron chi connectivity index (χ2n) is 3.95. The van der Waals surface area contributed by atoms with Crippen LogP contribution < -0.4 is 5.73 Å². The van der Waals surface area contributed by atoms with Crippen molar-refractivity contribution in [2.24, 2.45) is 11.7 Å². The highest BCUT2D eigenvalue weighted by molar-refractivity contribution is 5.71. The Morgan fingerprint density at radius 2 is 2.08 bits per heavy atom. The van der Waals surface area contributed by atoms with Gasteiger partial charge in [0.15, 0.2) is 0 Å². The van der Waals surface area contributed by atoms with Crippen molar-refractivity contribution in [1.82, 2.24) is 0 Å². The molecule has 0 heterocycles. The summed E-state index contributed by atoms with van der Waals surface area (Å²) < 4.78 is 4.60. The van der Waals surface area contributed by atoms with Gasteiger partial charge >= 0.3 is 5.97 Å². The maximum absolute atomic E-state index is 11.0. The van der Waals surface area contributed by atoms with Gasteiger partial charge in [0, 0.05) is 5.54 Å². The Morgan fingerprint density at radius 3 is 2.42 bits per heavy atom. The highest BCUT2D eigenvalue weighted by Gasteiger charge is 2.17. The first-order valence-corrected chi connectivity index (χ1v) is 4.23. The van der Waals surface area contributed by atoms with E-state index >= 15 is 0 Å². The Balaban J connectivity index is 3.72. The van der Waals surface area contributed by atoms with Crippen molar-refractivity contribution in [3.05, 3.63) is 0 Å². The standard InChI is InChI=1S/C9H19NO2/c1-7(8(11)12-4)5-6-9(2,3)10/h7H,5-6,10H2,1-4H3. The first kappa shape index (κ1) is 11.4. The zero-order valence-corrected chi connectivity index (χ0v) is 8.39. The molecule has 2 N–H and O–H groups in total. The number of carbonyl (C=O) groups excluding carboxylic acids is 1. The lowest BCUT2D eigenvalue weighted by atomic mass is 9.94. The SMILES string of the molecule is COC(=O)C(C)CCC(C)(C)N. The monoisotopic (exact) mass is 173 g/mol. The largest absolute Gasteiger partial charge is 0.469 e. The molecule has 0 aromatic heterocycles. The van der Waals surface area contributed by atoms with Gasteiger partial charge in [-0.05, 0) is 26.7 Å². The molecule has 1 atom stereocenters. The summed E-state index contributed by atoms with van der Waals surface area (Å²) in [5.74, 6) is -0.197. The number of rotatable bonds is 4. The summed E-state index contributed by atoms with van der Waals surface area (Å²) >= 11 is 0. The number of carbonyl (C=O) groups is 1. The minimum atomic E-state index is -0.192. The van der Waals surface area contributed by atoms with Crippen molar-refractivity contribution in [3.63, 3.8) is 0 Å². The summed E-state index contributed by atoms with van der Waals surface area (Å²) in [6.45, 7) is 5.77. The number of methoxy groups -OCH3 is 1. The molecule has 0 saturated carbocycles. The van der Waals surface area contributed by atoms with E-state index in [1.807, 2.05) is 20.8 Å². The third-order valence-corrected chi connectivity index (χ3v) is 1.83. The van der Waals surface area contributed by atoms with Gasteiger partial charge in [-0.2, -0.15) is 0 Å². The Morgan fingerprint density at radius 1 is 1.58 bits per heavy atom. The maximum atomic E-state index is 11.0. The molecule has 0 rings (SSSR count). The van der Waals surface area contributed by atoms with Crippen molar-refractivity contribution in [1.29, 1.82) is 0 Å². The molecule has 3 nitrogen and oxygen atoms in total. The van der Waals surface area contributed by atoms with E-state index < -0.39 is 0 Å². The molecule has 0 aliphatic carbocycles. The first-order valence-electron chi connectivity index (χ1n) is 4.23. The molecule has 0 fully saturated rings. The third kappa shape index (κ3) is 5.13. The lowest BCUT2D eigenvalue weighted by Crippen LogP contribution is -2.32. The van der Waals surface area contributed by atoms with E-state index in [9.17, 15) is 4.79 Å². The molecule has 0 aromatic carbocycles. The molecule has 0 bridgehead atoms. The van der Waals surface area contributed by atoms with E-state index in [4.69, 9.17) is 5.73 Å². The van der Waals surface area contributed by atoms with Crippen LogP contribution >= 0.6 is 0 Å². The normalized spacial score (nSPS) is 14.1. The predicted molar refractivity (Wildman–Crippen MR) is 48.7 cm³/mol. The molecule has 1 unspecified atom stereocenters. The molecule has 0 aliphatic rings. The topological polar surface area (TPSA) is 52.3 Å². The maximum Gasteiger partial charge on any atom is 0.308 e. The molecule has 3 heteroatoms. The summed E-state index contributed by atoms with van der Waals surface area (Å²) in [6, 6.07) is 0. The van der Waals surface area contributed by atoms with Crippen LogP contribution in [0.25, 0.3) is 0 Å². The minimum Gasteiger partial charge on any atom is -0.469 e. The Kier molecular flexibility index (Phi) is 4.24. The van der Waals surface area contributed by atoms with Crippen LogP contribution in [0.1, 0.15) is 33.6 Å². The van der Waals surface area contributed by atoms with Gasteiger partial charge in [-0.15, -0.1) is 0 Å². The second kappa shape index (κ2) is 4.45. The fraction of sp³-hybridized carbons (Fsp3) is 0.889. The fourth-order valence-corrected chi connectivity index (χ4v) is 0.908. The molecule has 0 amide bonds. The van der Waals surface area contributed by atoms with Gasteiger partial charge in [-0.1, -0.05) is 6.92 Å². The lowest BCUT2D eigenvalue weighted by Gasteiger charge is -2.19. The van der Waals surface area contributed by atoms with Crippen molar-refractivity contribution in [3.8, 4) is 0 Å². The molecule has 0 aliphatic heterocycles. The zero-order valence-electron chi connectivity index (χ0n) is 8.39. The van der Waals surface area contributed by atoms with Crippen LogP contribution in [0.15, 0.2) is 0 Å². The number of esters is 1. The molecule has 0 aromatic rings. The van der Waals surface area contributed by atoms with E-state index in [0.717, 1.165) is 12.8 Å². The van der Waals surface area contributed by atoms with Gasteiger partial charge in [-0.25, -0.2) is 0 Å². The van der Waals surface area contributed by atoms with Crippen LogP contribution in [0.2, 0.25) is 0 Å². The summed E-state index contributed by atoms with van der Waals surface area (Å²) in [6.07, 6.45) is 1.62. The molecular weight excluding hydrogens is 154 g/mol. The Labute approximate surface area is 74.3 Å². The number of hydrogen-bond donors (Lipinski definition) is 1. The minimum absolute atomic E-state index is 0.0437. The molecular formula is C9H19NO2. The molecule has 0 radical (unpaired) electrons. The van der Waals surface area contributed by atoms with E-state index in [2.05, 4.69) is 4.74 Å². The van der Waals surface area contributed by atoms with Crippen molar-refractivity contribution < 1.29 is 9.53 Å². The number of ether oxygens (including phenoxy) is 1. The lowest BCUT2D eigenvalue weighted by molar-refractivity contribution is -0.145. The fourth-order valence-electron chi connectivity index (χ4n) is 0.908. The number of nitrogens with two attached hydrogens (primary N) is 1. The third-order valence-electron chi connectivity index (χ3n) is 1.83. The molecule has 72 valence electrons. The van der Waals surface area contributed by atoms with Crippen LogP contribution in [-0.2, 0) is 9.53 Å². The zero-order chi connectivity index (χ0) is 9.78. The van der Waals surface area contributed by atoms with Crippen molar-refractivity contribution >= 4 is 5.97 Å². The Bertz CT molecular complexity index is 149. The summed E-state index contributed by atoms with van der Waals surface area (Å²) in [4.78, 5) is 11.0. The van der Waals surface area contributed by atoms with Crippen LogP contribution in [0.5, 0.6) is 0 Å². The van der Waals surface area contributed by atoms with Gasteiger partial charge < -0.3 is 10.5 Å².